The Balaban J connectivity index is 1.56. The first-order chi connectivity index (χ1) is 12.6. The first kappa shape index (κ1) is 16.4. The highest BCUT2D eigenvalue weighted by Gasteiger charge is 2.15. The third kappa shape index (κ3) is 3.08. The van der Waals surface area contributed by atoms with E-state index in [-0.39, 0.29) is 11.9 Å². The number of ether oxygens (including phenoxy) is 2. The number of benzene rings is 1. The lowest BCUT2D eigenvalue weighted by Gasteiger charge is -2.10. The topological polar surface area (TPSA) is 78.3 Å². The van der Waals surface area contributed by atoms with Gasteiger partial charge in [0.1, 0.15) is 0 Å². The van der Waals surface area contributed by atoms with E-state index in [1.165, 1.54) is 0 Å². The van der Waals surface area contributed by atoms with E-state index in [0.717, 1.165) is 17.5 Å². The summed E-state index contributed by atoms with van der Waals surface area (Å²) in [5.41, 5.74) is 1.93. The van der Waals surface area contributed by atoms with Crippen LogP contribution < -0.4 is 14.8 Å². The standard InChI is InChI=1S/C19H20N4O3/c1-12(2)23-18-14(10-21-23)8-15(11-20-18)22-19(24)13-4-5-16-17(9-13)26-7-3-6-25-16/h4-5,8-12H,3,6-7H2,1-2H3,(H,22,24). The van der Waals surface area contributed by atoms with Crippen molar-refractivity contribution in [2.24, 2.45) is 0 Å². The van der Waals surface area contributed by atoms with Crippen molar-refractivity contribution in [2.45, 2.75) is 26.3 Å². The van der Waals surface area contributed by atoms with Crippen molar-refractivity contribution in [3.8, 4) is 11.5 Å². The molecular formula is C19H20N4O3. The van der Waals surface area contributed by atoms with Crippen LogP contribution in [0.1, 0.15) is 36.7 Å². The zero-order valence-corrected chi connectivity index (χ0v) is 14.7. The molecule has 0 aliphatic carbocycles. The fourth-order valence-electron chi connectivity index (χ4n) is 2.89. The SMILES string of the molecule is CC(C)n1ncc2cc(NC(=O)c3ccc4c(c3)OCCCO4)cnc21. The van der Waals surface area contributed by atoms with Crippen LogP contribution in [0.5, 0.6) is 11.5 Å². The molecule has 3 heterocycles. The molecule has 1 N–H and O–H groups in total. The minimum atomic E-state index is -0.224. The summed E-state index contributed by atoms with van der Waals surface area (Å²) in [6.07, 6.45) is 4.22. The number of pyridine rings is 1. The minimum absolute atomic E-state index is 0.224. The maximum atomic E-state index is 12.6. The van der Waals surface area contributed by atoms with Crippen LogP contribution in [0.25, 0.3) is 11.0 Å². The molecule has 0 unspecified atom stereocenters. The number of carbonyl (C=O) groups excluding carboxylic acids is 1. The van der Waals surface area contributed by atoms with Crippen molar-refractivity contribution in [3.63, 3.8) is 0 Å². The summed E-state index contributed by atoms with van der Waals surface area (Å²) in [6, 6.07) is 7.30. The number of aromatic nitrogens is 3. The highest BCUT2D eigenvalue weighted by Crippen LogP contribution is 2.30. The van der Waals surface area contributed by atoms with Gasteiger partial charge in [0, 0.05) is 23.4 Å². The summed E-state index contributed by atoms with van der Waals surface area (Å²) in [5.74, 6) is 1.04. The molecule has 0 fully saturated rings. The van der Waals surface area contributed by atoms with Crippen molar-refractivity contribution in [1.82, 2.24) is 14.8 Å². The number of rotatable bonds is 3. The van der Waals surface area contributed by atoms with Crippen LogP contribution in [-0.2, 0) is 0 Å². The smallest absolute Gasteiger partial charge is 0.255 e. The Morgan fingerprint density at radius 3 is 2.77 bits per heavy atom. The predicted octanol–water partition coefficient (Wildman–Crippen LogP) is 3.43. The summed E-state index contributed by atoms with van der Waals surface area (Å²) in [6.45, 7) is 5.30. The van der Waals surface area contributed by atoms with Crippen molar-refractivity contribution in [2.75, 3.05) is 18.5 Å². The Hall–Kier alpha value is -3.09. The highest BCUT2D eigenvalue weighted by atomic mass is 16.5. The lowest BCUT2D eigenvalue weighted by molar-refractivity contribution is 0.102. The molecule has 4 rings (SSSR count). The number of nitrogens with one attached hydrogen (secondary N) is 1. The van der Waals surface area contributed by atoms with Crippen LogP contribution in [0.2, 0.25) is 0 Å². The molecule has 1 aromatic carbocycles. The molecule has 0 bridgehead atoms. The summed E-state index contributed by atoms with van der Waals surface area (Å²) >= 11 is 0. The monoisotopic (exact) mass is 352 g/mol. The van der Waals surface area contributed by atoms with Crippen LogP contribution >= 0.6 is 0 Å². The average molecular weight is 352 g/mol. The van der Waals surface area contributed by atoms with Crippen molar-refractivity contribution < 1.29 is 14.3 Å². The second kappa shape index (κ2) is 6.67. The number of amides is 1. The van der Waals surface area contributed by atoms with E-state index in [4.69, 9.17) is 9.47 Å². The van der Waals surface area contributed by atoms with Crippen LogP contribution in [0, 0.1) is 0 Å². The predicted molar refractivity (Wildman–Crippen MR) is 97.9 cm³/mol. The molecule has 134 valence electrons. The van der Waals surface area contributed by atoms with Crippen LogP contribution in [0.15, 0.2) is 36.7 Å². The molecule has 2 aromatic heterocycles. The van der Waals surface area contributed by atoms with Crippen molar-refractivity contribution in [3.05, 3.63) is 42.2 Å². The quantitative estimate of drug-likeness (QED) is 0.781. The largest absolute Gasteiger partial charge is 0.490 e. The summed E-state index contributed by atoms with van der Waals surface area (Å²) in [7, 11) is 0. The molecule has 0 saturated carbocycles. The average Bonchev–Trinajstić information content (AvgIpc) is 2.91. The van der Waals surface area contributed by atoms with Gasteiger partial charge in [-0.2, -0.15) is 5.10 Å². The van der Waals surface area contributed by atoms with Crippen molar-refractivity contribution in [1.29, 1.82) is 0 Å². The van der Waals surface area contributed by atoms with E-state index in [1.807, 2.05) is 24.6 Å². The van der Waals surface area contributed by atoms with E-state index < -0.39 is 0 Å². The molecule has 26 heavy (non-hydrogen) atoms. The van der Waals surface area contributed by atoms with E-state index in [2.05, 4.69) is 15.4 Å². The van der Waals surface area contributed by atoms with Gasteiger partial charge in [0.2, 0.25) is 0 Å². The van der Waals surface area contributed by atoms with E-state index in [1.54, 1.807) is 30.6 Å². The van der Waals surface area contributed by atoms with Crippen LogP contribution in [-0.4, -0.2) is 33.9 Å². The van der Waals surface area contributed by atoms with E-state index in [0.29, 0.717) is 36.0 Å². The Bertz CT molecular complexity index is 965. The summed E-state index contributed by atoms with van der Waals surface area (Å²) < 4.78 is 13.1. The lowest BCUT2D eigenvalue weighted by atomic mass is 10.2. The molecule has 1 amide bonds. The molecule has 7 nitrogen and oxygen atoms in total. The van der Waals surface area contributed by atoms with Gasteiger partial charge in [-0.05, 0) is 38.1 Å². The Morgan fingerprint density at radius 1 is 1.15 bits per heavy atom. The summed E-state index contributed by atoms with van der Waals surface area (Å²) in [4.78, 5) is 17.0. The van der Waals surface area contributed by atoms with Crippen LogP contribution in [0.3, 0.4) is 0 Å². The van der Waals surface area contributed by atoms with E-state index in [9.17, 15) is 4.79 Å². The van der Waals surface area contributed by atoms with Gasteiger partial charge >= 0.3 is 0 Å². The second-order valence-electron chi connectivity index (χ2n) is 6.49. The zero-order valence-electron chi connectivity index (χ0n) is 14.7. The Kier molecular flexibility index (Phi) is 4.20. The molecule has 0 saturated heterocycles. The number of hydrogen-bond donors (Lipinski definition) is 1. The maximum Gasteiger partial charge on any atom is 0.255 e. The van der Waals surface area contributed by atoms with Gasteiger partial charge in [0.05, 0.1) is 31.3 Å². The molecular weight excluding hydrogens is 332 g/mol. The maximum absolute atomic E-state index is 12.6. The third-order valence-electron chi connectivity index (χ3n) is 4.19. The van der Waals surface area contributed by atoms with Crippen LogP contribution in [0.4, 0.5) is 5.69 Å². The fraction of sp³-hybridized carbons (Fsp3) is 0.316. The number of carbonyl (C=O) groups is 1. The molecule has 1 aliphatic heterocycles. The molecule has 0 radical (unpaired) electrons. The zero-order chi connectivity index (χ0) is 18.1. The fourth-order valence-corrected chi connectivity index (χ4v) is 2.89. The van der Waals surface area contributed by atoms with Gasteiger partial charge in [0.15, 0.2) is 17.1 Å². The highest BCUT2D eigenvalue weighted by molar-refractivity contribution is 6.05. The number of anilines is 1. The second-order valence-corrected chi connectivity index (χ2v) is 6.49. The summed E-state index contributed by atoms with van der Waals surface area (Å²) in [5, 5.41) is 8.10. The van der Waals surface area contributed by atoms with E-state index >= 15 is 0 Å². The van der Waals surface area contributed by atoms with Gasteiger partial charge in [-0.15, -0.1) is 0 Å². The van der Waals surface area contributed by atoms with Gasteiger partial charge in [0.25, 0.3) is 5.91 Å². The Labute approximate surface area is 150 Å². The number of hydrogen-bond acceptors (Lipinski definition) is 5. The lowest BCUT2D eigenvalue weighted by Crippen LogP contribution is -2.12. The number of fused-ring (bicyclic) bond motifs is 2. The van der Waals surface area contributed by atoms with Gasteiger partial charge < -0.3 is 14.8 Å². The first-order valence-electron chi connectivity index (χ1n) is 8.66. The molecule has 0 atom stereocenters. The normalized spacial score (nSPS) is 13.7. The Morgan fingerprint density at radius 2 is 1.96 bits per heavy atom. The minimum Gasteiger partial charge on any atom is -0.490 e. The first-order valence-corrected chi connectivity index (χ1v) is 8.66. The van der Waals surface area contributed by atoms with Gasteiger partial charge in [-0.1, -0.05) is 0 Å². The third-order valence-corrected chi connectivity index (χ3v) is 4.19. The van der Waals surface area contributed by atoms with Crippen molar-refractivity contribution >= 4 is 22.6 Å². The molecule has 1 aliphatic rings. The van der Waals surface area contributed by atoms with Gasteiger partial charge in [-0.3, -0.25) is 4.79 Å². The number of nitrogens with zero attached hydrogens (tertiary/aromatic N) is 3. The molecule has 0 spiro atoms. The molecule has 7 heteroatoms. The molecule has 3 aromatic rings. The van der Waals surface area contributed by atoms with Gasteiger partial charge in [-0.25, -0.2) is 9.67 Å².